The van der Waals surface area contributed by atoms with Crippen molar-refractivity contribution in [3.05, 3.63) is 178 Å². The van der Waals surface area contributed by atoms with Gasteiger partial charge in [0.15, 0.2) is 0 Å². The number of aryl methyl sites for hydroxylation is 2. The molecule has 378 valence electrons. The van der Waals surface area contributed by atoms with Crippen LogP contribution in [0, 0.1) is 31.7 Å². The number of alkyl halides is 12. The quantitative estimate of drug-likeness (QED) is 0.0884. The largest absolute Gasteiger partial charge is 0.184 e. The topological polar surface area (TPSA) is 0 Å². The summed E-state index contributed by atoms with van der Waals surface area (Å²) in [6, 6.07) is 36.4. The minimum atomic E-state index is -4.87. The fraction of sp³-hybridized carbons (Fsp3) is 0.250. The molecule has 0 fully saturated rings. The summed E-state index contributed by atoms with van der Waals surface area (Å²) in [6.45, 7) is 11.6. The van der Waals surface area contributed by atoms with E-state index in [0.29, 0.717) is 44.9 Å². The summed E-state index contributed by atoms with van der Waals surface area (Å²) in [4.78, 5) is 0. The number of benzene rings is 6. The van der Waals surface area contributed by atoms with Gasteiger partial charge < -0.3 is 0 Å². The van der Waals surface area contributed by atoms with Crippen molar-refractivity contribution < 1.29 is 73.5 Å². The molecule has 0 N–H and O–H groups in total. The van der Waals surface area contributed by atoms with Crippen molar-refractivity contribution in [1.82, 2.24) is 0 Å². The molecule has 0 saturated carbocycles. The van der Waals surface area contributed by atoms with E-state index in [0.717, 1.165) is 68.5 Å². The second-order valence-corrected chi connectivity index (χ2v) is 23.3. The second kappa shape index (κ2) is 22.9. The Bertz CT molecular complexity index is 2880. The molecule has 0 aromatic heterocycles. The smallest absolute Gasteiger partial charge is 0.0920 e. The van der Waals surface area contributed by atoms with Crippen molar-refractivity contribution in [1.29, 1.82) is 0 Å². The van der Waals surface area contributed by atoms with E-state index in [2.05, 4.69) is 42.5 Å². The van der Waals surface area contributed by atoms with E-state index in [-0.39, 0.29) is 23.3 Å². The summed E-state index contributed by atoms with van der Waals surface area (Å²) in [5.74, 6) is 0.762. The molecule has 0 atom stereocenters. The van der Waals surface area contributed by atoms with Crippen molar-refractivity contribution in [2.75, 3.05) is 0 Å². The Kier molecular flexibility index (Phi) is 18.0. The van der Waals surface area contributed by atoms with Gasteiger partial charge in [-0.05, 0) is 86.1 Å². The zero-order chi connectivity index (χ0) is 53.1. The Balaban J connectivity index is 0.000000181. The van der Waals surface area contributed by atoms with Crippen LogP contribution in [0.2, 0.25) is 0 Å². The van der Waals surface area contributed by atoms with Gasteiger partial charge in [0.2, 0.25) is 0 Å². The van der Waals surface area contributed by atoms with Crippen molar-refractivity contribution in [3.8, 4) is 33.4 Å². The van der Waals surface area contributed by atoms with Gasteiger partial charge in [0.1, 0.15) is 0 Å². The third kappa shape index (κ3) is 13.9. The molecule has 0 unspecified atom stereocenters. The van der Waals surface area contributed by atoms with Crippen molar-refractivity contribution >= 4 is 58.5 Å². The molecule has 8 aromatic carbocycles. The van der Waals surface area contributed by atoms with Crippen LogP contribution in [0.15, 0.2) is 127 Å². The molecule has 0 aliphatic carbocycles. The van der Waals surface area contributed by atoms with E-state index >= 15 is 0 Å². The Morgan fingerprint density at radius 2 is 0.889 bits per heavy atom. The van der Waals surface area contributed by atoms with E-state index in [9.17, 15) is 52.7 Å². The second-order valence-electron chi connectivity index (χ2n) is 18.2. The number of hydrogen-bond acceptors (Lipinski definition) is 0. The molecule has 9 rings (SSSR count). The molecule has 0 spiro atoms. The fourth-order valence-corrected chi connectivity index (χ4v) is 10.1. The Morgan fingerprint density at radius 3 is 1.26 bits per heavy atom. The van der Waals surface area contributed by atoms with E-state index in [1.54, 1.807) is 26.0 Å². The zero-order valence-electron chi connectivity index (χ0n) is 39.5. The predicted octanol–water partition coefficient (Wildman–Crippen LogP) is 18.0. The van der Waals surface area contributed by atoms with Crippen LogP contribution >= 0.6 is 17.0 Å². The molecule has 1 aliphatic rings. The number of hydrogen-bond donors (Lipinski definition) is 0. The van der Waals surface area contributed by atoms with Crippen molar-refractivity contribution in [3.63, 3.8) is 0 Å². The minimum Gasteiger partial charge on any atom is -0.184 e. The first-order chi connectivity index (χ1) is 33.6. The Morgan fingerprint density at radius 1 is 0.514 bits per heavy atom. The molecular formula is C56H45Cl2F12SiZr-3. The van der Waals surface area contributed by atoms with Crippen LogP contribution in [-0.2, 0) is 58.4 Å². The molecule has 1 aliphatic heterocycles. The molecule has 0 saturated heterocycles. The van der Waals surface area contributed by atoms with Crippen LogP contribution in [0.5, 0.6) is 0 Å². The average molecular weight is 1140 g/mol. The van der Waals surface area contributed by atoms with Crippen molar-refractivity contribution in [2.24, 2.45) is 11.8 Å². The predicted molar refractivity (Wildman–Crippen MR) is 264 cm³/mol. The molecule has 0 amide bonds. The standard InChI is InChI=1S/2C22H19F6.C12H7Si.2ClH.Zr/c2*1-12(2)6-14-7-15-5-4-13(3)20(19(15)8-14)16-9-17(21(23,24)25)11-18(10-16)22(26,27)28;1-3-7-11-9(5-1)10-6-2-4-8-12(10)13-11;;;/h2*4-5,7-12H,6H2,1-3H3;1-7H;2*1H;/q3*-1;;;+2/p-2. The maximum absolute atomic E-state index is 13.2. The summed E-state index contributed by atoms with van der Waals surface area (Å²) in [6.07, 6.45) is -17.9. The van der Waals surface area contributed by atoms with Crippen LogP contribution in [0.25, 0.3) is 54.9 Å². The van der Waals surface area contributed by atoms with Gasteiger partial charge in [0.05, 0.1) is 31.8 Å². The Hall–Kier alpha value is -4.62. The van der Waals surface area contributed by atoms with Crippen molar-refractivity contribution in [2.45, 2.75) is 79.1 Å². The monoisotopic (exact) mass is 1130 g/mol. The van der Waals surface area contributed by atoms with Crippen LogP contribution in [-0.4, -0.2) is 9.52 Å². The first-order valence-electron chi connectivity index (χ1n) is 22.4. The van der Waals surface area contributed by atoms with Gasteiger partial charge in [-0.15, -0.1) is 74.6 Å². The summed E-state index contributed by atoms with van der Waals surface area (Å²) in [5, 5.41) is 5.78. The molecule has 0 bridgehead atoms. The third-order valence-electron chi connectivity index (χ3n) is 11.7. The molecular weight excluding hydrogens is 1090 g/mol. The van der Waals surface area contributed by atoms with Crippen LogP contribution in [0.1, 0.15) is 72.2 Å². The van der Waals surface area contributed by atoms with Crippen LogP contribution < -0.4 is 10.4 Å². The van der Waals surface area contributed by atoms with Crippen LogP contribution in [0.4, 0.5) is 52.7 Å². The van der Waals surface area contributed by atoms with E-state index in [4.69, 9.17) is 17.0 Å². The third-order valence-corrected chi connectivity index (χ3v) is 13.1. The normalized spacial score (nSPS) is 12.5. The number of halogens is 14. The molecule has 0 nitrogen and oxygen atoms in total. The van der Waals surface area contributed by atoms with Gasteiger partial charge >= 0.3 is 62.6 Å². The number of rotatable bonds is 6. The first kappa shape index (κ1) is 56.7. The molecule has 16 heteroatoms. The van der Waals surface area contributed by atoms with E-state index in [1.165, 1.54) is 21.5 Å². The summed E-state index contributed by atoms with van der Waals surface area (Å²) in [5.41, 5.74) is 1.50. The van der Waals surface area contributed by atoms with Gasteiger partial charge in [-0.25, -0.2) is 0 Å². The maximum atomic E-state index is 13.2. The maximum Gasteiger partial charge on any atom is 0.0920 e. The SMILES string of the molecule is Cc1ccc2[cH-]c(CC(C)C)cc2c1-c1cc(C(F)(F)F)cc(C(F)(F)F)c1.Cc1ccc2[cH-]c(CC(C)C)cc2c1-c1cc(C(F)(F)F)cc(C(F)(F)F)c1.[Cl][Zr][Cl].[c-]1cccc2c1[Si]c1ccccc1-2. The minimum absolute atomic E-state index is 0.0769. The summed E-state index contributed by atoms with van der Waals surface area (Å²) in [7, 11) is 10.7. The van der Waals surface area contributed by atoms with Crippen LogP contribution in [0.3, 0.4) is 0 Å². The van der Waals surface area contributed by atoms with Gasteiger partial charge in [-0.2, -0.15) is 94.3 Å². The first-order valence-corrected chi connectivity index (χ1v) is 29.7. The average Bonchev–Trinajstić information content (AvgIpc) is 3.99. The molecule has 2 radical (unpaired) electrons. The molecule has 72 heavy (non-hydrogen) atoms. The summed E-state index contributed by atoms with van der Waals surface area (Å²) >= 11 is -0.826. The number of fused-ring (bicyclic) bond motifs is 5. The van der Waals surface area contributed by atoms with Gasteiger partial charge in [-0.3, -0.25) is 0 Å². The van der Waals surface area contributed by atoms with E-state index < -0.39 is 67.8 Å². The van der Waals surface area contributed by atoms with Gasteiger partial charge in [0, 0.05) is 0 Å². The molecule has 1 heterocycles. The fourth-order valence-electron chi connectivity index (χ4n) is 8.78. The molecule has 8 aromatic rings. The summed E-state index contributed by atoms with van der Waals surface area (Å²) < 4.78 is 159. The zero-order valence-corrected chi connectivity index (χ0v) is 44.5. The van der Waals surface area contributed by atoms with Gasteiger partial charge in [0.25, 0.3) is 0 Å². The van der Waals surface area contributed by atoms with E-state index in [1.807, 2.05) is 70.2 Å². The van der Waals surface area contributed by atoms with Gasteiger partial charge in [-0.1, -0.05) is 85.0 Å². The Labute approximate surface area is 431 Å².